The van der Waals surface area contributed by atoms with E-state index in [0.717, 1.165) is 28.3 Å². The van der Waals surface area contributed by atoms with Gasteiger partial charge in [0.2, 0.25) is 0 Å². The molecule has 0 unspecified atom stereocenters. The molecule has 3 rings (SSSR count). The van der Waals surface area contributed by atoms with Crippen LogP contribution in [-0.4, -0.2) is 22.8 Å². The van der Waals surface area contributed by atoms with Crippen LogP contribution in [0, 0.1) is 34.6 Å². The van der Waals surface area contributed by atoms with Gasteiger partial charge in [-0.05, 0) is 69.0 Å². The highest BCUT2D eigenvalue weighted by Crippen LogP contribution is 2.26. The van der Waals surface area contributed by atoms with Crippen molar-refractivity contribution in [2.24, 2.45) is 0 Å². The first kappa shape index (κ1) is 22.6. The van der Waals surface area contributed by atoms with E-state index < -0.39 is 5.97 Å². The molecule has 0 aliphatic heterocycles. The van der Waals surface area contributed by atoms with Crippen molar-refractivity contribution in [2.75, 3.05) is 7.11 Å². The zero-order chi connectivity index (χ0) is 22.7. The number of rotatable bonds is 8. The summed E-state index contributed by atoms with van der Waals surface area (Å²) in [6, 6.07) is 12.2. The number of hydrogen-bond donors (Lipinski definition) is 2. The second-order valence-electron chi connectivity index (χ2n) is 8.25. The average molecular weight is 421 g/mol. The van der Waals surface area contributed by atoms with Gasteiger partial charge in [-0.15, -0.1) is 0 Å². The van der Waals surface area contributed by atoms with Crippen LogP contribution in [0.3, 0.4) is 0 Å². The molecule has 164 valence electrons. The predicted octanol–water partition coefficient (Wildman–Crippen LogP) is 5.08. The van der Waals surface area contributed by atoms with Crippen molar-refractivity contribution in [2.45, 2.75) is 54.3 Å². The fraction of sp³-hybridized carbons (Fsp3) is 0.346. The lowest BCUT2D eigenvalue weighted by atomic mass is 9.99. The second-order valence-corrected chi connectivity index (χ2v) is 8.25. The minimum atomic E-state index is -0.880. The second kappa shape index (κ2) is 9.40. The van der Waals surface area contributed by atoms with Gasteiger partial charge in [-0.25, -0.2) is 4.79 Å². The van der Waals surface area contributed by atoms with Crippen LogP contribution in [0.2, 0.25) is 0 Å². The molecule has 31 heavy (non-hydrogen) atoms. The Hall–Kier alpha value is -3.05. The lowest BCUT2D eigenvalue weighted by Crippen LogP contribution is -2.15. The van der Waals surface area contributed by atoms with Gasteiger partial charge in [-0.2, -0.15) is 0 Å². The van der Waals surface area contributed by atoms with Crippen LogP contribution >= 0.6 is 0 Å². The van der Waals surface area contributed by atoms with E-state index in [0.29, 0.717) is 25.2 Å². The largest absolute Gasteiger partial charge is 0.497 e. The highest BCUT2D eigenvalue weighted by Gasteiger charge is 2.23. The van der Waals surface area contributed by atoms with E-state index >= 15 is 0 Å². The molecule has 5 nitrogen and oxygen atoms in total. The zero-order valence-electron chi connectivity index (χ0n) is 19.3. The first-order chi connectivity index (χ1) is 14.7. The third kappa shape index (κ3) is 4.83. The van der Waals surface area contributed by atoms with E-state index in [9.17, 15) is 9.90 Å². The maximum atomic E-state index is 12.1. The summed E-state index contributed by atoms with van der Waals surface area (Å²) in [4.78, 5) is 12.1. The maximum Gasteiger partial charge on any atom is 0.337 e. The van der Waals surface area contributed by atoms with Crippen LogP contribution in [0.4, 0.5) is 0 Å². The van der Waals surface area contributed by atoms with E-state index in [4.69, 9.17) is 4.74 Å². The van der Waals surface area contributed by atoms with Gasteiger partial charge in [0.25, 0.3) is 0 Å². The van der Waals surface area contributed by atoms with E-state index in [1.54, 1.807) is 7.11 Å². The summed E-state index contributed by atoms with van der Waals surface area (Å²) >= 11 is 0. The molecule has 0 bridgehead atoms. The topological polar surface area (TPSA) is 63.5 Å². The highest BCUT2D eigenvalue weighted by atomic mass is 16.5. The molecule has 0 spiro atoms. The molecular formula is C26H32N2O3. The fourth-order valence-electron chi connectivity index (χ4n) is 4.42. The molecule has 0 atom stereocenters. The zero-order valence-corrected chi connectivity index (χ0v) is 19.3. The van der Waals surface area contributed by atoms with Gasteiger partial charge >= 0.3 is 5.97 Å². The third-order valence-electron chi connectivity index (χ3n) is 6.05. The van der Waals surface area contributed by atoms with Gasteiger partial charge in [-0.1, -0.05) is 29.8 Å². The summed E-state index contributed by atoms with van der Waals surface area (Å²) in [7, 11) is 1.65. The van der Waals surface area contributed by atoms with Crippen LogP contribution in [0.25, 0.3) is 0 Å². The number of aryl methyl sites for hydroxylation is 3. The molecule has 5 heteroatoms. The number of aromatic carboxylic acids is 1. The molecule has 3 aromatic rings. The molecule has 0 aliphatic rings. The van der Waals surface area contributed by atoms with Crippen LogP contribution in [0.15, 0.2) is 36.4 Å². The van der Waals surface area contributed by atoms with Gasteiger partial charge in [-0.3, -0.25) is 0 Å². The Morgan fingerprint density at radius 3 is 2.26 bits per heavy atom. The van der Waals surface area contributed by atoms with E-state index in [1.807, 2.05) is 38.1 Å². The summed E-state index contributed by atoms with van der Waals surface area (Å²) in [6.45, 7) is 12.1. The van der Waals surface area contributed by atoms with Crippen LogP contribution in [0.1, 0.15) is 55.1 Å². The predicted molar refractivity (Wildman–Crippen MR) is 124 cm³/mol. The number of nitrogens with one attached hydrogen (secondary N) is 1. The molecule has 0 fully saturated rings. The van der Waals surface area contributed by atoms with Crippen molar-refractivity contribution in [3.8, 4) is 5.75 Å². The number of methoxy groups -OCH3 is 1. The Morgan fingerprint density at radius 2 is 1.65 bits per heavy atom. The standard InChI is InChI=1S/C26H32N2O3/c1-16-10-17(2)24(18(3)11-16)15-28-19(4)23(25(20(28)5)26(29)30)14-27-13-21-8-7-9-22(12-21)31-6/h7-12,27H,13-15H2,1-6H3,(H,29,30). The number of aromatic nitrogens is 1. The van der Waals surface area contributed by atoms with Crippen molar-refractivity contribution < 1.29 is 14.6 Å². The first-order valence-corrected chi connectivity index (χ1v) is 10.5. The average Bonchev–Trinajstić information content (AvgIpc) is 2.94. The molecule has 0 saturated carbocycles. The number of hydrogen-bond acceptors (Lipinski definition) is 3. The first-order valence-electron chi connectivity index (χ1n) is 10.5. The number of carbonyl (C=O) groups is 1. The van der Waals surface area contributed by atoms with Crippen molar-refractivity contribution in [1.29, 1.82) is 0 Å². The quantitative estimate of drug-likeness (QED) is 0.534. The molecule has 1 aromatic heterocycles. The number of carboxylic acid groups (broad SMARTS) is 1. The molecule has 0 saturated heterocycles. The van der Waals surface area contributed by atoms with Crippen molar-refractivity contribution in [3.63, 3.8) is 0 Å². The molecule has 0 amide bonds. The van der Waals surface area contributed by atoms with E-state index in [1.165, 1.54) is 22.3 Å². The minimum absolute atomic E-state index is 0.401. The van der Waals surface area contributed by atoms with Crippen molar-refractivity contribution in [1.82, 2.24) is 9.88 Å². The molecule has 1 heterocycles. The Morgan fingerprint density at radius 1 is 0.968 bits per heavy atom. The SMILES string of the molecule is COc1cccc(CNCc2c(C(=O)O)c(C)n(Cc3c(C)cc(C)cc3C)c2C)c1. The van der Waals surface area contributed by atoms with Gasteiger partial charge in [0, 0.05) is 36.6 Å². The van der Waals surface area contributed by atoms with Crippen LogP contribution in [0.5, 0.6) is 5.75 Å². The summed E-state index contributed by atoms with van der Waals surface area (Å²) in [5.41, 5.74) is 9.09. The van der Waals surface area contributed by atoms with Crippen molar-refractivity contribution in [3.05, 3.63) is 86.7 Å². The fourth-order valence-corrected chi connectivity index (χ4v) is 4.42. The summed E-state index contributed by atoms with van der Waals surface area (Å²) < 4.78 is 7.42. The van der Waals surface area contributed by atoms with Gasteiger partial charge < -0.3 is 19.7 Å². The van der Waals surface area contributed by atoms with Gasteiger partial charge in [0.1, 0.15) is 5.75 Å². The smallest absolute Gasteiger partial charge is 0.337 e. The Balaban J connectivity index is 1.88. The minimum Gasteiger partial charge on any atom is -0.497 e. The number of ether oxygens (including phenoxy) is 1. The summed E-state index contributed by atoms with van der Waals surface area (Å²) in [6.07, 6.45) is 0. The Kier molecular flexibility index (Phi) is 6.86. The van der Waals surface area contributed by atoms with Gasteiger partial charge in [0.05, 0.1) is 12.7 Å². The highest BCUT2D eigenvalue weighted by molar-refractivity contribution is 5.91. The number of benzene rings is 2. The number of nitrogens with zero attached hydrogens (tertiary/aromatic N) is 1. The number of carboxylic acids is 1. The van der Waals surface area contributed by atoms with Gasteiger partial charge in [0.15, 0.2) is 0 Å². The summed E-state index contributed by atoms with van der Waals surface area (Å²) in [5, 5.41) is 13.3. The maximum absolute atomic E-state index is 12.1. The molecule has 0 radical (unpaired) electrons. The molecular weight excluding hydrogens is 388 g/mol. The van der Waals surface area contributed by atoms with E-state index in [-0.39, 0.29) is 0 Å². The lowest BCUT2D eigenvalue weighted by Gasteiger charge is -2.16. The Bertz CT molecular complexity index is 1090. The van der Waals surface area contributed by atoms with Crippen LogP contribution in [-0.2, 0) is 19.6 Å². The molecule has 2 aromatic carbocycles. The molecule has 2 N–H and O–H groups in total. The monoisotopic (exact) mass is 420 g/mol. The molecule has 0 aliphatic carbocycles. The van der Waals surface area contributed by atoms with Crippen LogP contribution < -0.4 is 10.1 Å². The normalized spacial score (nSPS) is 11.0. The third-order valence-corrected chi connectivity index (χ3v) is 6.05. The summed E-state index contributed by atoms with van der Waals surface area (Å²) in [5.74, 6) is -0.0672. The van der Waals surface area contributed by atoms with E-state index in [2.05, 4.69) is 42.8 Å². The lowest BCUT2D eigenvalue weighted by molar-refractivity contribution is 0.0694. The van der Waals surface area contributed by atoms with Crippen molar-refractivity contribution >= 4 is 5.97 Å². The Labute approximate surface area is 184 Å².